The molecule has 3 heteroatoms. The highest BCUT2D eigenvalue weighted by molar-refractivity contribution is 6.02. The predicted molar refractivity (Wildman–Crippen MR) is 71.1 cm³/mol. The second-order valence-electron chi connectivity index (χ2n) is 4.42. The fourth-order valence-corrected chi connectivity index (χ4v) is 2.28. The molecule has 1 aliphatic rings. The van der Waals surface area contributed by atoms with E-state index in [1.165, 1.54) is 16.7 Å². The average molecular weight is 225 g/mol. The Bertz CT molecular complexity index is 601. The Labute approximate surface area is 101 Å². The smallest absolute Gasteiger partial charge is 0.0706 e. The molecule has 86 valence electrons. The van der Waals surface area contributed by atoms with E-state index in [-0.39, 0.29) is 0 Å². The molecule has 1 N–H and O–H groups in total. The molecular formula is C14H15N3. The summed E-state index contributed by atoms with van der Waals surface area (Å²) in [7, 11) is 1.97. The molecular weight excluding hydrogens is 210 g/mol. The molecule has 2 heterocycles. The van der Waals surface area contributed by atoms with Crippen LogP contribution >= 0.6 is 0 Å². The van der Waals surface area contributed by atoms with Gasteiger partial charge in [0.1, 0.15) is 0 Å². The minimum atomic E-state index is 0.328. The van der Waals surface area contributed by atoms with E-state index in [9.17, 15) is 0 Å². The van der Waals surface area contributed by atoms with Crippen LogP contribution in [0.25, 0.3) is 10.9 Å². The monoisotopic (exact) mass is 225 g/mol. The summed E-state index contributed by atoms with van der Waals surface area (Å²) in [4.78, 5) is 9.08. The molecule has 1 aromatic carbocycles. The Hall–Kier alpha value is -1.74. The van der Waals surface area contributed by atoms with Crippen molar-refractivity contribution in [3.8, 4) is 0 Å². The van der Waals surface area contributed by atoms with Crippen LogP contribution in [0.4, 0.5) is 5.69 Å². The lowest BCUT2D eigenvalue weighted by molar-refractivity contribution is 0.756. The third kappa shape index (κ3) is 1.63. The lowest BCUT2D eigenvalue weighted by Gasteiger charge is -2.09. The normalized spacial score (nSPS) is 15.8. The number of benzene rings is 1. The number of aliphatic imine (C=N–C) groups is 1. The third-order valence-electron chi connectivity index (χ3n) is 3.43. The molecule has 1 aliphatic heterocycles. The van der Waals surface area contributed by atoms with Crippen molar-refractivity contribution in [1.82, 2.24) is 10.3 Å². The highest BCUT2D eigenvalue weighted by atomic mass is 14.9. The molecule has 0 radical (unpaired) electrons. The van der Waals surface area contributed by atoms with Gasteiger partial charge in [-0.15, -0.1) is 0 Å². The van der Waals surface area contributed by atoms with Crippen LogP contribution in [0.2, 0.25) is 0 Å². The van der Waals surface area contributed by atoms with Crippen molar-refractivity contribution >= 4 is 22.3 Å². The van der Waals surface area contributed by atoms with E-state index in [0.717, 1.165) is 17.6 Å². The van der Waals surface area contributed by atoms with Gasteiger partial charge in [0.25, 0.3) is 0 Å². The number of nitrogens with one attached hydrogen (secondary N) is 1. The van der Waals surface area contributed by atoms with Gasteiger partial charge in [0, 0.05) is 29.8 Å². The van der Waals surface area contributed by atoms with Crippen LogP contribution in [0, 0.1) is 0 Å². The van der Waals surface area contributed by atoms with Crippen molar-refractivity contribution in [1.29, 1.82) is 0 Å². The first-order chi connectivity index (χ1) is 8.29. The maximum Gasteiger partial charge on any atom is 0.0706 e. The van der Waals surface area contributed by atoms with E-state index >= 15 is 0 Å². The topological polar surface area (TPSA) is 37.3 Å². The highest BCUT2D eigenvalue weighted by Crippen LogP contribution is 2.33. The summed E-state index contributed by atoms with van der Waals surface area (Å²) in [6.07, 6.45) is 2.77. The largest absolute Gasteiger partial charge is 0.312 e. The van der Waals surface area contributed by atoms with E-state index in [2.05, 4.69) is 29.4 Å². The number of pyridine rings is 1. The summed E-state index contributed by atoms with van der Waals surface area (Å²) in [6.45, 7) is 2.14. The van der Waals surface area contributed by atoms with Gasteiger partial charge >= 0.3 is 0 Å². The van der Waals surface area contributed by atoms with Crippen LogP contribution in [-0.4, -0.2) is 23.8 Å². The lowest BCUT2D eigenvalue weighted by Crippen LogP contribution is -2.30. The third-order valence-corrected chi connectivity index (χ3v) is 3.43. The van der Waals surface area contributed by atoms with E-state index in [1.807, 2.05) is 25.4 Å². The SMILES string of the molecule is CNC(C)C1=Nc2ccc3ncccc3c2C1. The minimum Gasteiger partial charge on any atom is -0.312 e. The van der Waals surface area contributed by atoms with Gasteiger partial charge in [0.15, 0.2) is 0 Å². The first kappa shape index (κ1) is 10.4. The van der Waals surface area contributed by atoms with Crippen LogP contribution < -0.4 is 5.32 Å². The number of aromatic nitrogens is 1. The summed E-state index contributed by atoms with van der Waals surface area (Å²) < 4.78 is 0. The highest BCUT2D eigenvalue weighted by Gasteiger charge is 2.20. The molecule has 1 aromatic heterocycles. The molecule has 2 aromatic rings. The minimum absolute atomic E-state index is 0.328. The first-order valence-electron chi connectivity index (χ1n) is 5.91. The van der Waals surface area contributed by atoms with E-state index < -0.39 is 0 Å². The Morgan fingerprint density at radius 3 is 3.00 bits per heavy atom. The molecule has 0 fully saturated rings. The predicted octanol–water partition coefficient (Wildman–Crippen LogP) is 2.47. The van der Waals surface area contributed by atoms with E-state index in [0.29, 0.717) is 6.04 Å². The Morgan fingerprint density at radius 1 is 1.29 bits per heavy atom. The second-order valence-corrected chi connectivity index (χ2v) is 4.42. The molecule has 0 amide bonds. The molecule has 0 spiro atoms. The van der Waals surface area contributed by atoms with Crippen molar-refractivity contribution < 1.29 is 0 Å². The number of nitrogens with zero attached hydrogens (tertiary/aromatic N) is 2. The van der Waals surface area contributed by atoms with Crippen molar-refractivity contribution in [3.63, 3.8) is 0 Å². The fourth-order valence-electron chi connectivity index (χ4n) is 2.28. The molecule has 0 saturated carbocycles. The summed E-state index contributed by atoms with van der Waals surface area (Å²) in [6, 6.07) is 8.56. The van der Waals surface area contributed by atoms with Crippen molar-refractivity contribution in [2.75, 3.05) is 7.05 Å². The van der Waals surface area contributed by atoms with Crippen LogP contribution in [0.5, 0.6) is 0 Å². The standard InChI is InChI=1S/C14H15N3/c1-9(15-2)14-8-11-10-4-3-7-16-12(10)5-6-13(11)17-14/h3-7,9,15H,8H2,1-2H3. The molecule has 0 aliphatic carbocycles. The van der Waals surface area contributed by atoms with Gasteiger partial charge in [0.2, 0.25) is 0 Å². The number of fused-ring (bicyclic) bond motifs is 3. The second kappa shape index (κ2) is 3.93. The van der Waals surface area contributed by atoms with Gasteiger partial charge < -0.3 is 5.32 Å². The Balaban J connectivity index is 2.10. The summed E-state index contributed by atoms with van der Waals surface area (Å²) in [5, 5.41) is 4.47. The van der Waals surface area contributed by atoms with E-state index in [1.54, 1.807) is 0 Å². The molecule has 17 heavy (non-hydrogen) atoms. The lowest BCUT2D eigenvalue weighted by atomic mass is 10.0. The zero-order chi connectivity index (χ0) is 11.8. The number of hydrogen-bond acceptors (Lipinski definition) is 3. The summed E-state index contributed by atoms with van der Waals surface area (Å²) >= 11 is 0. The van der Waals surface area contributed by atoms with Crippen LogP contribution in [-0.2, 0) is 6.42 Å². The van der Waals surface area contributed by atoms with Gasteiger partial charge in [0.05, 0.1) is 11.2 Å². The zero-order valence-corrected chi connectivity index (χ0v) is 10.1. The fraction of sp³-hybridized carbons (Fsp3) is 0.286. The quantitative estimate of drug-likeness (QED) is 0.852. The van der Waals surface area contributed by atoms with E-state index in [4.69, 9.17) is 4.99 Å². The Kier molecular flexibility index (Phi) is 2.41. The maximum absolute atomic E-state index is 4.70. The molecule has 1 atom stereocenters. The van der Waals surface area contributed by atoms with Crippen molar-refractivity contribution in [2.24, 2.45) is 4.99 Å². The van der Waals surface area contributed by atoms with Crippen molar-refractivity contribution in [2.45, 2.75) is 19.4 Å². The molecule has 1 unspecified atom stereocenters. The average Bonchev–Trinajstić information content (AvgIpc) is 2.82. The van der Waals surface area contributed by atoms with Gasteiger partial charge in [-0.3, -0.25) is 9.98 Å². The Morgan fingerprint density at radius 2 is 2.18 bits per heavy atom. The summed E-state index contributed by atoms with van der Waals surface area (Å²) in [5.74, 6) is 0. The van der Waals surface area contributed by atoms with Gasteiger partial charge in [-0.25, -0.2) is 0 Å². The van der Waals surface area contributed by atoms with Gasteiger partial charge in [-0.1, -0.05) is 6.07 Å². The first-order valence-corrected chi connectivity index (χ1v) is 5.91. The maximum atomic E-state index is 4.70. The van der Waals surface area contributed by atoms with Gasteiger partial charge in [-0.05, 0) is 37.7 Å². The number of rotatable bonds is 2. The number of hydrogen-bond donors (Lipinski definition) is 1. The van der Waals surface area contributed by atoms with Crippen LogP contribution in [0.15, 0.2) is 35.5 Å². The van der Waals surface area contributed by atoms with Crippen LogP contribution in [0.3, 0.4) is 0 Å². The molecule has 3 nitrogen and oxygen atoms in total. The summed E-state index contributed by atoms with van der Waals surface area (Å²) in [5.41, 5.74) is 4.67. The molecule has 0 saturated heterocycles. The van der Waals surface area contributed by atoms with Crippen molar-refractivity contribution in [3.05, 3.63) is 36.0 Å². The molecule has 3 rings (SSSR count). The van der Waals surface area contributed by atoms with Gasteiger partial charge in [-0.2, -0.15) is 0 Å². The molecule has 0 bridgehead atoms. The van der Waals surface area contributed by atoms with Crippen LogP contribution in [0.1, 0.15) is 12.5 Å². The zero-order valence-electron chi connectivity index (χ0n) is 10.1.